The molecule has 0 aromatic rings. The van der Waals surface area contributed by atoms with Crippen LogP contribution >= 0.6 is 0 Å². The van der Waals surface area contributed by atoms with Crippen molar-refractivity contribution >= 4 is 18.0 Å². The number of likely N-dealkylation sites (tertiary alicyclic amines) is 1. The number of aliphatic carboxylic acids is 1. The van der Waals surface area contributed by atoms with Gasteiger partial charge in [-0.05, 0) is 19.8 Å². The van der Waals surface area contributed by atoms with Gasteiger partial charge in [-0.15, -0.1) is 0 Å². The molecule has 1 rings (SSSR count). The van der Waals surface area contributed by atoms with Gasteiger partial charge >= 0.3 is 18.0 Å². The van der Waals surface area contributed by atoms with Gasteiger partial charge in [0, 0.05) is 19.6 Å². The van der Waals surface area contributed by atoms with E-state index in [1.807, 2.05) is 0 Å². The maximum absolute atomic E-state index is 11.7. The highest BCUT2D eigenvalue weighted by Crippen LogP contribution is 2.17. The largest absolute Gasteiger partial charge is 0.481 e. The maximum atomic E-state index is 11.7. The summed E-state index contributed by atoms with van der Waals surface area (Å²) < 4.78 is 4.74. The molecule has 0 aromatic heterocycles. The number of urea groups is 1. The van der Waals surface area contributed by atoms with Crippen LogP contribution in [0.1, 0.15) is 26.2 Å². The highest BCUT2D eigenvalue weighted by atomic mass is 16.5. The molecule has 19 heavy (non-hydrogen) atoms. The Balaban J connectivity index is 2.21. The zero-order valence-electron chi connectivity index (χ0n) is 11.1. The molecule has 7 heteroatoms. The smallest absolute Gasteiger partial charge is 0.317 e. The van der Waals surface area contributed by atoms with Crippen LogP contribution in [0.2, 0.25) is 0 Å². The quantitative estimate of drug-likeness (QED) is 0.708. The van der Waals surface area contributed by atoms with Gasteiger partial charge in [0.15, 0.2) is 0 Å². The van der Waals surface area contributed by atoms with E-state index in [4.69, 9.17) is 9.84 Å². The minimum Gasteiger partial charge on any atom is -0.481 e. The monoisotopic (exact) mass is 272 g/mol. The number of ether oxygens (including phenoxy) is 1. The van der Waals surface area contributed by atoms with Gasteiger partial charge in [-0.2, -0.15) is 0 Å². The van der Waals surface area contributed by atoms with Crippen molar-refractivity contribution in [2.75, 3.05) is 26.2 Å². The Morgan fingerprint density at radius 1 is 1.32 bits per heavy atom. The van der Waals surface area contributed by atoms with Crippen LogP contribution in [-0.4, -0.2) is 54.2 Å². The van der Waals surface area contributed by atoms with Gasteiger partial charge < -0.3 is 20.1 Å². The third kappa shape index (κ3) is 5.15. The van der Waals surface area contributed by atoms with Crippen LogP contribution in [0.3, 0.4) is 0 Å². The topological polar surface area (TPSA) is 95.9 Å². The summed E-state index contributed by atoms with van der Waals surface area (Å²) in [5, 5.41) is 11.5. The lowest BCUT2D eigenvalue weighted by Gasteiger charge is -2.30. The second-order valence-corrected chi connectivity index (χ2v) is 4.39. The number of rotatable bonds is 5. The molecule has 1 aliphatic heterocycles. The van der Waals surface area contributed by atoms with Crippen molar-refractivity contribution in [2.24, 2.45) is 5.92 Å². The lowest BCUT2D eigenvalue weighted by Crippen LogP contribution is -2.45. The Labute approximate surface area is 111 Å². The van der Waals surface area contributed by atoms with Crippen molar-refractivity contribution in [1.29, 1.82) is 0 Å². The first-order chi connectivity index (χ1) is 9.04. The molecule has 0 unspecified atom stereocenters. The molecule has 0 atom stereocenters. The van der Waals surface area contributed by atoms with E-state index in [1.54, 1.807) is 11.8 Å². The van der Waals surface area contributed by atoms with Gasteiger partial charge in [-0.1, -0.05) is 0 Å². The number of carbonyl (C=O) groups is 3. The van der Waals surface area contributed by atoms with Crippen LogP contribution < -0.4 is 5.32 Å². The number of carboxylic acid groups (broad SMARTS) is 1. The standard InChI is InChI=1S/C12H20N2O5/c1-2-19-10(15)3-6-13-12(18)14-7-4-9(5-8-14)11(16)17/h9H,2-8H2,1H3,(H,13,18)(H,16,17). The second-order valence-electron chi connectivity index (χ2n) is 4.39. The highest BCUT2D eigenvalue weighted by Gasteiger charge is 2.26. The average Bonchev–Trinajstić information content (AvgIpc) is 2.39. The number of carbonyl (C=O) groups excluding carboxylic acids is 2. The van der Waals surface area contributed by atoms with Gasteiger partial charge in [0.1, 0.15) is 0 Å². The average molecular weight is 272 g/mol. The Bertz CT molecular complexity index is 337. The molecule has 1 heterocycles. The normalized spacial score (nSPS) is 15.9. The molecule has 0 saturated carbocycles. The maximum Gasteiger partial charge on any atom is 0.317 e. The lowest BCUT2D eigenvalue weighted by molar-refractivity contribution is -0.144. The predicted molar refractivity (Wildman–Crippen MR) is 66.6 cm³/mol. The predicted octanol–water partition coefficient (Wildman–Crippen LogP) is 0.446. The molecule has 0 bridgehead atoms. The summed E-state index contributed by atoms with van der Waals surface area (Å²) in [7, 11) is 0. The molecule has 0 radical (unpaired) electrons. The first-order valence-corrected chi connectivity index (χ1v) is 6.45. The third-order valence-corrected chi connectivity index (χ3v) is 3.04. The van der Waals surface area contributed by atoms with Gasteiger partial charge in [0.25, 0.3) is 0 Å². The number of hydrogen-bond donors (Lipinski definition) is 2. The van der Waals surface area contributed by atoms with Gasteiger partial charge in [-0.3, -0.25) is 9.59 Å². The third-order valence-electron chi connectivity index (χ3n) is 3.04. The molecule has 1 saturated heterocycles. The van der Waals surface area contributed by atoms with Crippen molar-refractivity contribution < 1.29 is 24.2 Å². The fourth-order valence-electron chi connectivity index (χ4n) is 1.95. The number of hydrogen-bond acceptors (Lipinski definition) is 4. The number of esters is 1. The highest BCUT2D eigenvalue weighted by molar-refractivity contribution is 5.76. The van der Waals surface area contributed by atoms with E-state index in [2.05, 4.69) is 5.32 Å². The first-order valence-electron chi connectivity index (χ1n) is 6.45. The minimum absolute atomic E-state index is 0.144. The number of carboxylic acids is 1. The number of nitrogens with one attached hydrogen (secondary N) is 1. The van der Waals surface area contributed by atoms with Crippen molar-refractivity contribution in [3.63, 3.8) is 0 Å². The summed E-state index contributed by atoms with van der Waals surface area (Å²) >= 11 is 0. The van der Waals surface area contributed by atoms with E-state index in [0.717, 1.165) is 0 Å². The van der Waals surface area contributed by atoms with E-state index in [-0.39, 0.29) is 30.9 Å². The Hall–Kier alpha value is -1.79. The molecule has 0 spiro atoms. The lowest BCUT2D eigenvalue weighted by atomic mass is 9.97. The Morgan fingerprint density at radius 2 is 1.95 bits per heavy atom. The fourth-order valence-corrected chi connectivity index (χ4v) is 1.95. The summed E-state index contributed by atoms with van der Waals surface area (Å²) in [5.41, 5.74) is 0. The fraction of sp³-hybridized carbons (Fsp3) is 0.750. The van der Waals surface area contributed by atoms with E-state index in [9.17, 15) is 14.4 Å². The summed E-state index contributed by atoms with van der Waals surface area (Å²) in [6.07, 6.45) is 1.09. The van der Waals surface area contributed by atoms with Crippen LogP contribution in [-0.2, 0) is 14.3 Å². The van der Waals surface area contributed by atoms with Crippen molar-refractivity contribution in [3.05, 3.63) is 0 Å². The SMILES string of the molecule is CCOC(=O)CCNC(=O)N1CCC(C(=O)O)CC1. The molecular weight excluding hydrogens is 252 g/mol. The molecular formula is C12H20N2O5. The molecule has 2 amide bonds. The minimum atomic E-state index is -0.803. The summed E-state index contributed by atoms with van der Waals surface area (Å²) in [5.74, 6) is -1.50. The van der Waals surface area contributed by atoms with Gasteiger partial charge in [0.2, 0.25) is 0 Å². The second kappa shape index (κ2) is 7.60. The Morgan fingerprint density at radius 3 is 2.47 bits per heavy atom. The van der Waals surface area contributed by atoms with Gasteiger partial charge in [-0.25, -0.2) is 4.79 Å². The number of amides is 2. The zero-order valence-corrected chi connectivity index (χ0v) is 11.1. The van der Waals surface area contributed by atoms with E-state index in [1.165, 1.54) is 0 Å². The summed E-state index contributed by atoms with van der Waals surface area (Å²) in [4.78, 5) is 35.1. The number of piperidine rings is 1. The molecule has 7 nitrogen and oxygen atoms in total. The van der Waals surface area contributed by atoms with Crippen molar-refractivity contribution in [1.82, 2.24) is 10.2 Å². The summed E-state index contributed by atoms with van der Waals surface area (Å²) in [6.45, 7) is 3.15. The Kier molecular flexibility index (Phi) is 6.11. The van der Waals surface area contributed by atoms with Crippen molar-refractivity contribution in [3.8, 4) is 0 Å². The van der Waals surface area contributed by atoms with Crippen LogP contribution in [0.4, 0.5) is 4.79 Å². The number of nitrogens with zero attached hydrogens (tertiary/aromatic N) is 1. The first kappa shape index (κ1) is 15.3. The zero-order chi connectivity index (χ0) is 14.3. The van der Waals surface area contributed by atoms with Crippen LogP contribution in [0.15, 0.2) is 0 Å². The van der Waals surface area contributed by atoms with Crippen LogP contribution in [0.5, 0.6) is 0 Å². The molecule has 2 N–H and O–H groups in total. The van der Waals surface area contributed by atoms with E-state index < -0.39 is 5.97 Å². The summed E-state index contributed by atoms with van der Waals surface area (Å²) in [6, 6.07) is -0.256. The van der Waals surface area contributed by atoms with Gasteiger partial charge in [0.05, 0.1) is 18.9 Å². The molecule has 0 aromatic carbocycles. The van der Waals surface area contributed by atoms with Crippen molar-refractivity contribution in [2.45, 2.75) is 26.2 Å². The molecule has 108 valence electrons. The van der Waals surface area contributed by atoms with E-state index >= 15 is 0 Å². The van der Waals surface area contributed by atoms with Crippen LogP contribution in [0.25, 0.3) is 0 Å². The molecule has 0 aliphatic carbocycles. The molecule has 1 fully saturated rings. The molecule has 1 aliphatic rings. The van der Waals surface area contributed by atoms with Crippen LogP contribution in [0, 0.1) is 5.92 Å². The van der Waals surface area contributed by atoms with E-state index in [0.29, 0.717) is 32.5 Å².